The molecule has 284 valence electrons. The molecule has 0 fully saturated rings. The van der Waals surface area contributed by atoms with Gasteiger partial charge < -0.3 is 4.89 Å². The number of hydrogen-bond donors (Lipinski definition) is 1. The SMILES string of the molecule is CCCCCCCCCCCCCCCCCCCN(CCCCCCCCCCCCCCCCCCC)P(=O)(O)OCCCC. The molecule has 4 nitrogen and oxygen atoms in total. The van der Waals surface area contributed by atoms with Gasteiger partial charge in [-0.05, 0) is 19.3 Å². The van der Waals surface area contributed by atoms with E-state index in [1.165, 1.54) is 193 Å². The normalized spacial score (nSPS) is 13.1. The van der Waals surface area contributed by atoms with Gasteiger partial charge in [0.15, 0.2) is 0 Å². The Morgan fingerprint density at radius 3 is 0.809 bits per heavy atom. The second-order valence-corrected chi connectivity index (χ2v) is 16.7. The lowest BCUT2D eigenvalue weighted by Gasteiger charge is -2.26. The van der Waals surface area contributed by atoms with Crippen LogP contribution in [0.15, 0.2) is 0 Å². The Balaban J connectivity index is 3.84. The molecule has 0 heterocycles. The molecule has 0 radical (unpaired) electrons. The molecule has 0 saturated heterocycles. The summed E-state index contributed by atoms with van der Waals surface area (Å²) in [7, 11) is -3.68. The van der Waals surface area contributed by atoms with Crippen LogP contribution in [0.2, 0.25) is 0 Å². The molecule has 0 aliphatic heterocycles. The molecule has 0 aromatic carbocycles. The van der Waals surface area contributed by atoms with E-state index in [2.05, 4.69) is 20.8 Å². The van der Waals surface area contributed by atoms with Crippen LogP contribution in [0.4, 0.5) is 0 Å². The Kier molecular flexibility index (Phi) is 39.0. The van der Waals surface area contributed by atoms with E-state index in [-0.39, 0.29) is 0 Å². The molecule has 1 unspecified atom stereocenters. The van der Waals surface area contributed by atoms with Crippen LogP contribution in [0.3, 0.4) is 0 Å². The standard InChI is InChI=1S/C42H88NO3P/c1-4-7-10-12-14-16-18-20-22-24-26-28-30-32-34-36-38-40-43(47(44,45)46-42-9-6-3)41-39-37-35-33-31-29-27-25-23-21-19-17-15-13-11-8-5-2/h4-42H2,1-3H3,(H,44,45). The molecule has 5 heteroatoms. The smallest absolute Gasteiger partial charge is 0.312 e. The van der Waals surface area contributed by atoms with E-state index < -0.39 is 7.75 Å². The predicted molar refractivity (Wildman–Crippen MR) is 211 cm³/mol. The Hall–Kier alpha value is 0.110. The van der Waals surface area contributed by atoms with Crippen molar-refractivity contribution in [1.82, 2.24) is 4.67 Å². The summed E-state index contributed by atoms with van der Waals surface area (Å²) in [6.45, 7) is 8.45. The first-order valence-electron chi connectivity index (χ1n) is 21.8. The van der Waals surface area contributed by atoms with E-state index in [0.29, 0.717) is 19.7 Å². The zero-order valence-electron chi connectivity index (χ0n) is 32.7. The third-order valence-electron chi connectivity index (χ3n) is 10.2. The first kappa shape index (κ1) is 47.1. The molecule has 0 amide bonds. The summed E-state index contributed by atoms with van der Waals surface area (Å²) in [5.74, 6) is 0. The number of nitrogens with zero attached hydrogens (tertiary/aromatic N) is 1. The average molecular weight is 686 g/mol. The summed E-state index contributed by atoms with van der Waals surface area (Å²) in [6, 6.07) is 0. The van der Waals surface area contributed by atoms with Crippen molar-refractivity contribution >= 4 is 7.75 Å². The summed E-state index contributed by atoms with van der Waals surface area (Å²) >= 11 is 0. The van der Waals surface area contributed by atoms with Crippen molar-refractivity contribution in [3.8, 4) is 0 Å². The lowest BCUT2D eigenvalue weighted by Crippen LogP contribution is -2.24. The monoisotopic (exact) mass is 686 g/mol. The van der Waals surface area contributed by atoms with Crippen molar-refractivity contribution in [1.29, 1.82) is 0 Å². The minimum atomic E-state index is -3.68. The average Bonchev–Trinajstić information content (AvgIpc) is 3.06. The lowest BCUT2D eigenvalue weighted by atomic mass is 10.0. The third-order valence-corrected chi connectivity index (χ3v) is 11.8. The Morgan fingerprint density at radius 2 is 0.574 bits per heavy atom. The molecule has 1 N–H and O–H groups in total. The van der Waals surface area contributed by atoms with E-state index in [0.717, 1.165) is 38.5 Å². The second-order valence-electron chi connectivity index (χ2n) is 14.9. The summed E-state index contributed by atoms with van der Waals surface area (Å²) in [4.78, 5) is 10.7. The van der Waals surface area contributed by atoms with E-state index >= 15 is 0 Å². The fourth-order valence-corrected chi connectivity index (χ4v) is 8.13. The van der Waals surface area contributed by atoms with Gasteiger partial charge in [-0.3, -0.25) is 4.52 Å². The van der Waals surface area contributed by atoms with E-state index in [1.807, 2.05) is 0 Å². The zero-order chi connectivity index (χ0) is 34.4. The molecule has 0 bridgehead atoms. The van der Waals surface area contributed by atoms with Crippen molar-refractivity contribution in [2.45, 2.75) is 252 Å². The maximum absolute atomic E-state index is 13.1. The molecule has 0 aromatic rings. The van der Waals surface area contributed by atoms with E-state index in [4.69, 9.17) is 4.52 Å². The Labute approximate surface area is 297 Å². The largest absolute Gasteiger partial charge is 0.405 e. The van der Waals surface area contributed by atoms with Crippen LogP contribution in [0, 0.1) is 0 Å². The van der Waals surface area contributed by atoms with E-state index in [9.17, 15) is 9.46 Å². The Bertz CT molecular complexity index is 593. The quantitative estimate of drug-likeness (QED) is 0.0514. The van der Waals surface area contributed by atoms with Gasteiger partial charge in [0.2, 0.25) is 0 Å². The molecular weight excluding hydrogens is 597 g/mol. The number of unbranched alkanes of at least 4 members (excludes halogenated alkanes) is 33. The van der Waals surface area contributed by atoms with Crippen molar-refractivity contribution in [2.24, 2.45) is 0 Å². The molecule has 0 aliphatic carbocycles. The molecule has 47 heavy (non-hydrogen) atoms. The molecule has 0 spiro atoms. The van der Waals surface area contributed by atoms with Crippen LogP contribution in [-0.2, 0) is 9.09 Å². The molecule has 1 atom stereocenters. The first-order chi connectivity index (χ1) is 23.1. The van der Waals surface area contributed by atoms with Crippen LogP contribution in [0.5, 0.6) is 0 Å². The van der Waals surface area contributed by atoms with Crippen molar-refractivity contribution in [3.63, 3.8) is 0 Å². The number of hydrogen-bond acceptors (Lipinski definition) is 2. The second kappa shape index (κ2) is 38.9. The molecule has 0 aromatic heterocycles. The molecular formula is C42H88NO3P. The fraction of sp³-hybridized carbons (Fsp3) is 1.00. The summed E-state index contributed by atoms with van der Waals surface area (Å²) < 4.78 is 20.4. The maximum Gasteiger partial charge on any atom is 0.405 e. The maximum atomic E-state index is 13.1. The van der Waals surface area contributed by atoms with Crippen LogP contribution in [0.25, 0.3) is 0 Å². The highest BCUT2D eigenvalue weighted by Gasteiger charge is 2.28. The zero-order valence-corrected chi connectivity index (χ0v) is 33.6. The predicted octanol–water partition coefficient (Wildman–Crippen LogP) is 15.5. The highest BCUT2D eigenvalue weighted by molar-refractivity contribution is 7.50. The van der Waals surface area contributed by atoms with Crippen LogP contribution < -0.4 is 0 Å². The molecule has 0 rings (SSSR count). The van der Waals surface area contributed by atoms with Gasteiger partial charge in [-0.2, -0.15) is 0 Å². The van der Waals surface area contributed by atoms with Gasteiger partial charge >= 0.3 is 7.75 Å². The third kappa shape index (κ3) is 35.7. The van der Waals surface area contributed by atoms with Crippen molar-refractivity contribution < 1.29 is 14.0 Å². The molecule has 0 aliphatic rings. The summed E-state index contributed by atoms with van der Waals surface area (Å²) in [5.41, 5.74) is 0. The van der Waals surface area contributed by atoms with Gasteiger partial charge in [0.1, 0.15) is 0 Å². The number of rotatable bonds is 41. The summed E-state index contributed by atoms with van der Waals surface area (Å²) in [5, 5.41) is 0. The van der Waals surface area contributed by atoms with Crippen molar-refractivity contribution in [2.75, 3.05) is 19.7 Å². The fourth-order valence-electron chi connectivity index (χ4n) is 6.81. The highest BCUT2D eigenvalue weighted by Crippen LogP contribution is 2.46. The van der Waals surface area contributed by atoms with Crippen molar-refractivity contribution in [3.05, 3.63) is 0 Å². The van der Waals surface area contributed by atoms with E-state index in [1.54, 1.807) is 4.67 Å². The first-order valence-corrected chi connectivity index (χ1v) is 23.3. The topological polar surface area (TPSA) is 49.8 Å². The van der Waals surface area contributed by atoms with Crippen LogP contribution in [-0.4, -0.2) is 29.3 Å². The van der Waals surface area contributed by atoms with Gasteiger partial charge in [-0.25, -0.2) is 9.24 Å². The molecule has 0 saturated carbocycles. The van der Waals surface area contributed by atoms with Gasteiger partial charge in [0, 0.05) is 13.1 Å². The van der Waals surface area contributed by atoms with Gasteiger partial charge in [0.25, 0.3) is 0 Å². The van der Waals surface area contributed by atoms with Crippen LogP contribution in [0.1, 0.15) is 252 Å². The lowest BCUT2D eigenvalue weighted by molar-refractivity contribution is 0.195. The summed E-state index contributed by atoms with van der Waals surface area (Å²) in [6.07, 6.45) is 47.9. The van der Waals surface area contributed by atoms with Gasteiger partial charge in [-0.1, -0.05) is 233 Å². The minimum Gasteiger partial charge on any atom is -0.312 e. The highest BCUT2D eigenvalue weighted by atomic mass is 31.2. The minimum absolute atomic E-state index is 0.388. The van der Waals surface area contributed by atoms with Crippen LogP contribution >= 0.6 is 7.75 Å². The Morgan fingerprint density at radius 1 is 0.362 bits per heavy atom. The van der Waals surface area contributed by atoms with Gasteiger partial charge in [0.05, 0.1) is 6.61 Å². The van der Waals surface area contributed by atoms with Gasteiger partial charge in [-0.15, -0.1) is 0 Å².